The molecule has 1 aromatic heterocycles. The molecule has 1 N–H and O–H groups in total. The third kappa shape index (κ3) is 2.66. The first-order chi connectivity index (χ1) is 8.72. The second-order valence-electron chi connectivity index (χ2n) is 5.81. The quantitative estimate of drug-likeness (QED) is 0.884. The van der Waals surface area contributed by atoms with Crippen LogP contribution < -0.4 is 10.2 Å². The summed E-state index contributed by atoms with van der Waals surface area (Å²) in [5.74, 6) is 1.17. The van der Waals surface area contributed by atoms with Crippen molar-refractivity contribution >= 4 is 5.82 Å². The molecule has 3 rings (SSSR count). The molecular weight excluding hydrogens is 222 g/mol. The summed E-state index contributed by atoms with van der Waals surface area (Å²) in [5.41, 5.74) is 2.52. The first-order valence-electron chi connectivity index (χ1n) is 7.20. The van der Waals surface area contributed by atoms with Crippen LogP contribution >= 0.6 is 0 Å². The normalized spacial score (nSPS) is 23.7. The lowest BCUT2D eigenvalue weighted by atomic mass is 10.2. The number of nitrogens with zero attached hydrogens (tertiary/aromatic N) is 2. The van der Waals surface area contributed by atoms with Crippen LogP contribution in [0.25, 0.3) is 0 Å². The van der Waals surface area contributed by atoms with Gasteiger partial charge in [-0.2, -0.15) is 0 Å². The van der Waals surface area contributed by atoms with Gasteiger partial charge in [0, 0.05) is 30.9 Å². The SMILES string of the molecule is Cc1cc(CNC2CC2)cc(N2CCCC2C)n1. The lowest BCUT2D eigenvalue weighted by Gasteiger charge is -2.23. The van der Waals surface area contributed by atoms with E-state index in [0.717, 1.165) is 24.8 Å². The predicted octanol–water partition coefficient (Wildman–Crippen LogP) is 2.63. The maximum Gasteiger partial charge on any atom is 0.129 e. The standard InChI is InChI=1S/C15H23N3/c1-11-8-13(10-16-14-5-6-14)9-15(17-11)18-7-3-4-12(18)2/h8-9,12,14,16H,3-7,10H2,1-2H3. The van der Waals surface area contributed by atoms with E-state index in [-0.39, 0.29) is 0 Å². The minimum atomic E-state index is 0.642. The van der Waals surface area contributed by atoms with Gasteiger partial charge in [0.05, 0.1) is 0 Å². The van der Waals surface area contributed by atoms with Crippen molar-refractivity contribution in [3.8, 4) is 0 Å². The highest BCUT2D eigenvalue weighted by molar-refractivity contribution is 5.44. The van der Waals surface area contributed by atoms with Crippen LogP contribution in [0.2, 0.25) is 0 Å². The van der Waals surface area contributed by atoms with Crippen molar-refractivity contribution in [1.29, 1.82) is 0 Å². The molecule has 2 heterocycles. The zero-order chi connectivity index (χ0) is 12.5. The third-order valence-corrected chi connectivity index (χ3v) is 4.02. The minimum absolute atomic E-state index is 0.642. The number of rotatable bonds is 4. The van der Waals surface area contributed by atoms with E-state index < -0.39 is 0 Å². The average Bonchev–Trinajstić information content (AvgIpc) is 3.07. The van der Waals surface area contributed by atoms with Crippen molar-refractivity contribution < 1.29 is 0 Å². The second kappa shape index (κ2) is 4.88. The summed E-state index contributed by atoms with van der Waals surface area (Å²) in [4.78, 5) is 7.16. The molecule has 18 heavy (non-hydrogen) atoms. The molecule has 1 unspecified atom stereocenters. The average molecular weight is 245 g/mol. The molecule has 0 radical (unpaired) electrons. The van der Waals surface area contributed by atoms with Crippen LogP contribution in [0.15, 0.2) is 12.1 Å². The van der Waals surface area contributed by atoms with E-state index in [9.17, 15) is 0 Å². The van der Waals surface area contributed by atoms with Gasteiger partial charge in [-0.15, -0.1) is 0 Å². The molecular formula is C15H23N3. The first kappa shape index (κ1) is 12.0. The van der Waals surface area contributed by atoms with Crippen molar-refractivity contribution in [2.45, 2.75) is 58.2 Å². The largest absolute Gasteiger partial charge is 0.354 e. The van der Waals surface area contributed by atoms with Crippen molar-refractivity contribution in [2.24, 2.45) is 0 Å². The Kier molecular flexibility index (Phi) is 3.25. The highest BCUT2D eigenvalue weighted by Gasteiger charge is 2.23. The van der Waals surface area contributed by atoms with E-state index in [1.807, 2.05) is 0 Å². The molecule has 0 amide bonds. The zero-order valence-electron chi connectivity index (χ0n) is 11.4. The number of anilines is 1. The summed E-state index contributed by atoms with van der Waals surface area (Å²) in [6.07, 6.45) is 5.29. The van der Waals surface area contributed by atoms with Gasteiger partial charge in [0.15, 0.2) is 0 Å². The molecule has 98 valence electrons. The molecule has 3 heteroatoms. The smallest absolute Gasteiger partial charge is 0.129 e. The molecule has 0 aromatic carbocycles. The molecule has 1 atom stereocenters. The fourth-order valence-electron chi connectivity index (χ4n) is 2.79. The van der Waals surface area contributed by atoms with Crippen LogP contribution in [0.3, 0.4) is 0 Å². The Morgan fingerprint density at radius 1 is 1.33 bits per heavy atom. The Morgan fingerprint density at radius 3 is 2.83 bits per heavy atom. The number of nitrogens with one attached hydrogen (secondary N) is 1. The molecule has 2 aliphatic rings. The number of aryl methyl sites for hydroxylation is 1. The monoisotopic (exact) mass is 245 g/mol. The van der Waals surface area contributed by atoms with Gasteiger partial charge < -0.3 is 10.2 Å². The summed E-state index contributed by atoms with van der Waals surface area (Å²) in [5, 5.41) is 3.58. The summed E-state index contributed by atoms with van der Waals surface area (Å²) < 4.78 is 0. The van der Waals surface area contributed by atoms with E-state index in [4.69, 9.17) is 4.98 Å². The Labute approximate surface area is 110 Å². The molecule has 0 bridgehead atoms. The van der Waals surface area contributed by atoms with Crippen LogP contribution in [-0.4, -0.2) is 23.6 Å². The van der Waals surface area contributed by atoms with E-state index >= 15 is 0 Å². The molecule has 1 aliphatic carbocycles. The van der Waals surface area contributed by atoms with Crippen LogP contribution in [-0.2, 0) is 6.54 Å². The van der Waals surface area contributed by atoms with Gasteiger partial charge in [0.2, 0.25) is 0 Å². The van der Waals surface area contributed by atoms with E-state index in [0.29, 0.717) is 6.04 Å². The molecule has 1 aliphatic heterocycles. The molecule has 2 fully saturated rings. The number of pyridine rings is 1. The number of hydrogen-bond acceptors (Lipinski definition) is 3. The summed E-state index contributed by atoms with van der Waals surface area (Å²) in [7, 11) is 0. The molecule has 3 nitrogen and oxygen atoms in total. The molecule has 1 saturated carbocycles. The number of aromatic nitrogens is 1. The van der Waals surface area contributed by atoms with Crippen LogP contribution in [0.1, 0.15) is 43.9 Å². The van der Waals surface area contributed by atoms with E-state index in [2.05, 4.69) is 36.2 Å². The van der Waals surface area contributed by atoms with Gasteiger partial charge in [0.1, 0.15) is 5.82 Å². The van der Waals surface area contributed by atoms with E-state index in [1.54, 1.807) is 0 Å². The summed E-state index contributed by atoms with van der Waals surface area (Å²) in [6.45, 7) is 6.56. The van der Waals surface area contributed by atoms with Gasteiger partial charge in [-0.3, -0.25) is 0 Å². The fraction of sp³-hybridized carbons (Fsp3) is 0.667. The van der Waals surface area contributed by atoms with Crippen molar-refractivity contribution in [1.82, 2.24) is 10.3 Å². The van der Waals surface area contributed by atoms with Crippen molar-refractivity contribution in [2.75, 3.05) is 11.4 Å². The summed E-state index contributed by atoms with van der Waals surface area (Å²) in [6, 6.07) is 5.89. The van der Waals surface area contributed by atoms with E-state index in [1.165, 1.54) is 37.1 Å². The molecule has 1 saturated heterocycles. The van der Waals surface area contributed by atoms with Crippen molar-refractivity contribution in [3.63, 3.8) is 0 Å². The fourth-order valence-corrected chi connectivity index (χ4v) is 2.79. The summed E-state index contributed by atoms with van der Waals surface area (Å²) >= 11 is 0. The molecule has 1 aromatic rings. The van der Waals surface area contributed by atoms with Crippen LogP contribution in [0.4, 0.5) is 5.82 Å². The highest BCUT2D eigenvalue weighted by Crippen LogP contribution is 2.25. The number of hydrogen-bond donors (Lipinski definition) is 1. The van der Waals surface area contributed by atoms with Crippen molar-refractivity contribution in [3.05, 3.63) is 23.4 Å². The van der Waals surface area contributed by atoms with Gasteiger partial charge in [-0.05, 0) is 57.2 Å². The minimum Gasteiger partial charge on any atom is -0.354 e. The van der Waals surface area contributed by atoms with Gasteiger partial charge in [-0.1, -0.05) is 0 Å². The maximum atomic E-state index is 4.71. The van der Waals surface area contributed by atoms with Crippen LogP contribution in [0, 0.1) is 6.92 Å². The maximum absolute atomic E-state index is 4.71. The highest BCUT2D eigenvalue weighted by atomic mass is 15.2. The lowest BCUT2D eigenvalue weighted by molar-refractivity contribution is 0.683. The van der Waals surface area contributed by atoms with Gasteiger partial charge >= 0.3 is 0 Å². The van der Waals surface area contributed by atoms with Crippen LogP contribution in [0.5, 0.6) is 0 Å². The first-order valence-corrected chi connectivity index (χ1v) is 7.20. The Balaban J connectivity index is 1.75. The Hall–Kier alpha value is -1.09. The lowest BCUT2D eigenvalue weighted by Crippen LogP contribution is -2.27. The molecule has 0 spiro atoms. The predicted molar refractivity (Wildman–Crippen MR) is 74.9 cm³/mol. The second-order valence-corrected chi connectivity index (χ2v) is 5.81. The zero-order valence-corrected chi connectivity index (χ0v) is 11.4. The van der Waals surface area contributed by atoms with Gasteiger partial charge in [0.25, 0.3) is 0 Å². The third-order valence-electron chi connectivity index (χ3n) is 4.02. The Morgan fingerprint density at radius 2 is 2.17 bits per heavy atom. The topological polar surface area (TPSA) is 28.2 Å². The Bertz CT molecular complexity index is 426. The van der Waals surface area contributed by atoms with Gasteiger partial charge in [-0.25, -0.2) is 4.98 Å².